The molecule has 1 saturated heterocycles. The van der Waals surface area contributed by atoms with E-state index < -0.39 is 0 Å². The molecule has 2 aromatic rings. The maximum absolute atomic E-state index is 12.2. The van der Waals surface area contributed by atoms with Gasteiger partial charge in [0, 0.05) is 38.4 Å². The number of hydrogen-bond acceptors (Lipinski definition) is 4. The van der Waals surface area contributed by atoms with Crippen molar-refractivity contribution in [3.05, 3.63) is 59.7 Å². The summed E-state index contributed by atoms with van der Waals surface area (Å²) < 4.78 is 5.20. The number of aryl methyl sites for hydroxylation is 1. The molecule has 1 N–H and O–H groups in total. The molecule has 0 radical (unpaired) electrons. The molecule has 0 aromatic heterocycles. The molecule has 138 valence electrons. The second-order valence-corrected chi connectivity index (χ2v) is 6.81. The third-order valence-electron chi connectivity index (χ3n) is 4.73. The number of methoxy groups -OCH3 is 1. The van der Waals surface area contributed by atoms with Crippen LogP contribution in [0.5, 0.6) is 5.75 Å². The number of anilines is 1. The van der Waals surface area contributed by atoms with Gasteiger partial charge in [-0.05, 0) is 36.8 Å². The summed E-state index contributed by atoms with van der Waals surface area (Å²) in [7, 11) is 1.68. The lowest BCUT2D eigenvalue weighted by Crippen LogP contribution is -2.48. The van der Waals surface area contributed by atoms with E-state index in [4.69, 9.17) is 4.74 Å². The number of piperazine rings is 1. The zero-order chi connectivity index (χ0) is 18.4. The summed E-state index contributed by atoms with van der Waals surface area (Å²) in [6.45, 7) is 7.21. The largest absolute Gasteiger partial charge is 0.497 e. The van der Waals surface area contributed by atoms with Crippen LogP contribution in [0.1, 0.15) is 11.1 Å². The molecule has 1 heterocycles. The van der Waals surface area contributed by atoms with Crippen molar-refractivity contribution in [1.29, 1.82) is 0 Å². The van der Waals surface area contributed by atoms with Gasteiger partial charge in [-0.1, -0.05) is 29.8 Å². The monoisotopic (exact) mass is 353 g/mol. The SMILES string of the molecule is COc1ccc(CN2CCN(CC(=O)Nc3ccc(C)cc3)CC2)cc1. The molecule has 0 unspecified atom stereocenters. The first-order valence-corrected chi connectivity index (χ1v) is 9.06. The Balaban J connectivity index is 1.41. The van der Waals surface area contributed by atoms with Crippen LogP contribution in [0.4, 0.5) is 5.69 Å². The van der Waals surface area contributed by atoms with Crippen molar-refractivity contribution in [3.8, 4) is 5.75 Å². The molecule has 0 bridgehead atoms. The summed E-state index contributed by atoms with van der Waals surface area (Å²) in [6.07, 6.45) is 0. The number of benzene rings is 2. The van der Waals surface area contributed by atoms with Gasteiger partial charge in [0.15, 0.2) is 0 Å². The summed E-state index contributed by atoms with van der Waals surface area (Å²) >= 11 is 0. The zero-order valence-electron chi connectivity index (χ0n) is 15.6. The quantitative estimate of drug-likeness (QED) is 0.867. The Hall–Kier alpha value is -2.37. The van der Waals surface area contributed by atoms with Gasteiger partial charge in [-0.2, -0.15) is 0 Å². The van der Waals surface area contributed by atoms with Gasteiger partial charge in [0.1, 0.15) is 5.75 Å². The smallest absolute Gasteiger partial charge is 0.238 e. The van der Waals surface area contributed by atoms with E-state index in [1.807, 2.05) is 43.3 Å². The number of amides is 1. The average Bonchev–Trinajstić information content (AvgIpc) is 2.66. The molecular formula is C21H27N3O2. The van der Waals surface area contributed by atoms with Gasteiger partial charge < -0.3 is 10.1 Å². The molecule has 0 saturated carbocycles. The molecular weight excluding hydrogens is 326 g/mol. The van der Waals surface area contributed by atoms with Crippen LogP contribution in [-0.2, 0) is 11.3 Å². The molecule has 1 aliphatic rings. The summed E-state index contributed by atoms with van der Waals surface area (Å²) in [5.74, 6) is 0.940. The Kier molecular flexibility index (Phi) is 6.26. The number of hydrogen-bond donors (Lipinski definition) is 1. The fourth-order valence-electron chi connectivity index (χ4n) is 3.14. The van der Waals surface area contributed by atoms with E-state index in [2.05, 4.69) is 27.2 Å². The molecule has 0 spiro atoms. The van der Waals surface area contributed by atoms with Gasteiger partial charge >= 0.3 is 0 Å². The Bertz CT molecular complexity index is 705. The van der Waals surface area contributed by atoms with E-state index in [1.54, 1.807) is 7.11 Å². The molecule has 5 nitrogen and oxygen atoms in total. The Morgan fingerprint density at radius 1 is 0.962 bits per heavy atom. The highest BCUT2D eigenvalue weighted by Crippen LogP contribution is 2.14. The lowest BCUT2D eigenvalue weighted by Gasteiger charge is -2.34. The Morgan fingerprint density at radius 3 is 2.19 bits per heavy atom. The van der Waals surface area contributed by atoms with Crippen LogP contribution in [0.2, 0.25) is 0 Å². The van der Waals surface area contributed by atoms with E-state index in [9.17, 15) is 4.79 Å². The van der Waals surface area contributed by atoms with Crippen molar-refractivity contribution < 1.29 is 9.53 Å². The lowest BCUT2D eigenvalue weighted by atomic mass is 10.2. The molecule has 1 fully saturated rings. The first kappa shape index (κ1) is 18.4. The number of nitrogens with one attached hydrogen (secondary N) is 1. The lowest BCUT2D eigenvalue weighted by molar-refractivity contribution is -0.117. The van der Waals surface area contributed by atoms with Crippen molar-refractivity contribution >= 4 is 11.6 Å². The Morgan fingerprint density at radius 2 is 1.58 bits per heavy atom. The van der Waals surface area contributed by atoms with E-state index >= 15 is 0 Å². The van der Waals surface area contributed by atoms with Gasteiger partial charge in [-0.25, -0.2) is 0 Å². The molecule has 1 amide bonds. The standard InChI is InChI=1S/C21H27N3O2/c1-17-3-7-19(8-4-17)22-21(25)16-24-13-11-23(12-14-24)15-18-5-9-20(26-2)10-6-18/h3-10H,11-16H2,1-2H3,(H,22,25). The van der Waals surface area contributed by atoms with Crippen LogP contribution >= 0.6 is 0 Å². The minimum atomic E-state index is 0.0532. The van der Waals surface area contributed by atoms with Gasteiger partial charge in [0.2, 0.25) is 5.91 Å². The number of ether oxygens (including phenoxy) is 1. The molecule has 0 atom stereocenters. The van der Waals surface area contributed by atoms with Crippen LogP contribution < -0.4 is 10.1 Å². The van der Waals surface area contributed by atoms with E-state index in [0.29, 0.717) is 6.54 Å². The summed E-state index contributed by atoms with van der Waals surface area (Å²) in [4.78, 5) is 16.9. The predicted molar refractivity (Wildman–Crippen MR) is 105 cm³/mol. The third-order valence-corrected chi connectivity index (χ3v) is 4.73. The molecule has 26 heavy (non-hydrogen) atoms. The van der Waals surface area contributed by atoms with Gasteiger partial charge in [-0.3, -0.25) is 14.6 Å². The van der Waals surface area contributed by atoms with Crippen LogP contribution in [0.25, 0.3) is 0 Å². The maximum atomic E-state index is 12.2. The highest BCUT2D eigenvalue weighted by molar-refractivity contribution is 5.92. The second kappa shape index (κ2) is 8.83. The van der Waals surface area contributed by atoms with Crippen LogP contribution in [0.3, 0.4) is 0 Å². The van der Waals surface area contributed by atoms with E-state index in [-0.39, 0.29) is 5.91 Å². The van der Waals surface area contributed by atoms with Crippen LogP contribution in [0.15, 0.2) is 48.5 Å². The van der Waals surface area contributed by atoms with Crippen molar-refractivity contribution in [2.75, 3.05) is 45.2 Å². The fraction of sp³-hybridized carbons (Fsp3) is 0.381. The average molecular weight is 353 g/mol. The Labute approximate surface area is 155 Å². The summed E-state index contributed by atoms with van der Waals surface area (Å²) in [5.41, 5.74) is 3.34. The first-order chi connectivity index (χ1) is 12.6. The third kappa shape index (κ3) is 5.31. The summed E-state index contributed by atoms with van der Waals surface area (Å²) in [5, 5.41) is 2.97. The fourth-order valence-corrected chi connectivity index (χ4v) is 3.14. The zero-order valence-corrected chi connectivity index (χ0v) is 15.6. The van der Waals surface area contributed by atoms with E-state index in [1.165, 1.54) is 11.1 Å². The first-order valence-electron chi connectivity index (χ1n) is 9.06. The molecule has 1 aliphatic heterocycles. The van der Waals surface area contributed by atoms with E-state index in [0.717, 1.165) is 44.2 Å². The minimum absolute atomic E-state index is 0.0532. The molecule has 5 heteroatoms. The van der Waals surface area contributed by atoms with Crippen molar-refractivity contribution in [2.45, 2.75) is 13.5 Å². The topological polar surface area (TPSA) is 44.8 Å². The van der Waals surface area contributed by atoms with Crippen molar-refractivity contribution in [3.63, 3.8) is 0 Å². The highest BCUT2D eigenvalue weighted by atomic mass is 16.5. The molecule has 0 aliphatic carbocycles. The normalized spacial score (nSPS) is 15.6. The van der Waals surface area contributed by atoms with Gasteiger partial charge in [0.25, 0.3) is 0 Å². The highest BCUT2D eigenvalue weighted by Gasteiger charge is 2.19. The van der Waals surface area contributed by atoms with Crippen molar-refractivity contribution in [1.82, 2.24) is 9.80 Å². The summed E-state index contributed by atoms with van der Waals surface area (Å²) in [6, 6.07) is 16.1. The molecule has 3 rings (SSSR count). The molecule has 2 aromatic carbocycles. The van der Waals surface area contributed by atoms with Gasteiger partial charge in [0.05, 0.1) is 13.7 Å². The number of carbonyl (C=O) groups excluding carboxylic acids is 1. The maximum Gasteiger partial charge on any atom is 0.238 e. The van der Waals surface area contributed by atoms with Gasteiger partial charge in [-0.15, -0.1) is 0 Å². The van der Waals surface area contributed by atoms with Crippen molar-refractivity contribution in [2.24, 2.45) is 0 Å². The minimum Gasteiger partial charge on any atom is -0.497 e. The van der Waals surface area contributed by atoms with Crippen LogP contribution in [-0.4, -0.2) is 55.5 Å². The number of rotatable bonds is 6. The number of carbonyl (C=O) groups is 1. The second-order valence-electron chi connectivity index (χ2n) is 6.81. The number of nitrogens with zero attached hydrogens (tertiary/aromatic N) is 2. The van der Waals surface area contributed by atoms with Crippen LogP contribution in [0, 0.1) is 6.92 Å². The predicted octanol–water partition coefficient (Wildman–Crippen LogP) is 2.76.